The van der Waals surface area contributed by atoms with E-state index in [1.54, 1.807) is 0 Å². The molecule has 9 heteroatoms. The van der Waals surface area contributed by atoms with Gasteiger partial charge in [-0.15, -0.1) is 16.5 Å². The maximum Gasteiger partial charge on any atom is 0.340 e. The van der Waals surface area contributed by atoms with Crippen molar-refractivity contribution in [2.45, 2.75) is 37.9 Å². The fraction of sp³-hybridized carbons (Fsp3) is 0.909. The molecular weight excluding hydrogens is 290 g/mol. The zero-order valence-corrected chi connectivity index (χ0v) is 12.5. The normalized spacial score (nSPS) is 29.8. The Kier molecular flexibility index (Phi) is 7.14. The van der Waals surface area contributed by atoms with Crippen LogP contribution >= 0.6 is 11.6 Å². The lowest BCUT2D eigenvalue weighted by molar-refractivity contribution is -0.218. The summed E-state index contributed by atoms with van der Waals surface area (Å²) in [6.45, 7) is 1.87. The van der Waals surface area contributed by atoms with E-state index in [1.165, 1.54) is 14.2 Å². The van der Waals surface area contributed by atoms with Crippen molar-refractivity contribution in [2.75, 3.05) is 26.6 Å². The summed E-state index contributed by atoms with van der Waals surface area (Å²) in [6, 6.07) is -0.961. The minimum atomic E-state index is -0.614. The third-order valence-electron chi connectivity index (χ3n) is 3.15. The van der Waals surface area contributed by atoms with Gasteiger partial charge in [0.2, 0.25) is 0 Å². The highest BCUT2D eigenvalue weighted by atomic mass is 35.5. The van der Waals surface area contributed by atoms with Gasteiger partial charge >= 0.3 is 6.03 Å². The van der Waals surface area contributed by atoms with Crippen molar-refractivity contribution in [3.05, 3.63) is 4.91 Å². The molecule has 0 spiro atoms. The summed E-state index contributed by atoms with van der Waals surface area (Å²) in [5.41, 5.74) is 0. The number of methoxy groups -OCH3 is 2. The van der Waals surface area contributed by atoms with Crippen LogP contribution in [0, 0.1) is 4.91 Å². The summed E-state index contributed by atoms with van der Waals surface area (Å²) >= 11 is 5.50. The van der Waals surface area contributed by atoms with Crippen molar-refractivity contribution in [3.63, 3.8) is 0 Å². The molecule has 0 aliphatic carbocycles. The minimum absolute atomic E-state index is 0.0427. The van der Waals surface area contributed by atoms with E-state index in [1.807, 2.05) is 6.92 Å². The van der Waals surface area contributed by atoms with E-state index in [2.05, 4.69) is 10.6 Å². The van der Waals surface area contributed by atoms with Crippen molar-refractivity contribution in [2.24, 2.45) is 5.29 Å². The predicted octanol–water partition coefficient (Wildman–Crippen LogP) is 1.08. The van der Waals surface area contributed by atoms with E-state index in [9.17, 15) is 9.70 Å². The Morgan fingerprint density at radius 1 is 1.50 bits per heavy atom. The molecule has 0 saturated carbocycles. The average molecular weight is 310 g/mol. The zero-order chi connectivity index (χ0) is 15.1. The van der Waals surface area contributed by atoms with Gasteiger partial charge in [0.1, 0.15) is 6.10 Å². The first-order valence-corrected chi connectivity index (χ1v) is 6.79. The molecule has 0 aromatic carbocycles. The Hall–Kier alpha value is -0.960. The van der Waals surface area contributed by atoms with Crippen LogP contribution in [-0.2, 0) is 14.2 Å². The van der Waals surface area contributed by atoms with E-state index in [4.69, 9.17) is 25.8 Å². The molecule has 1 N–H and O–H groups in total. The average Bonchev–Trinajstić information content (AvgIpc) is 2.44. The number of rotatable bonds is 6. The van der Waals surface area contributed by atoms with Crippen molar-refractivity contribution in [1.29, 1.82) is 0 Å². The maximum absolute atomic E-state index is 11.9. The number of amides is 2. The quantitative estimate of drug-likeness (QED) is 0.450. The van der Waals surface area contributed by atoms with E-state index in [0.29, 0.717) is 6.42 Å². The first-order valence-electron chi connectivity index (χ1n) is 6.25. The zero-order valence-electron chi connectivity index (χ0n) is 11.7. The Bertz CT molecular complexity index is 333. The monoisotopic (exact) mass is 309 g/mol. The van der Waals surface area contributed by atoms with E-state index >= 15 is 0 Å². The highest BCUT2D eigenvalue weighted by molar-refractivity contribution is 6.18. The first kappa shape index (κ1) is 17.1. The molecule has 4 unspecified atom stereocenters. The SMILES string of the molecule is COC1CC(NC(=O)N(CCCl)N=O)C(OC)C(C)O1. The van der Waals surface area contributed by atoms with Crippen LogP contribution in [0.5, 0.6) is 0 Å². The van der Waals surface area contributed by atoms with Crippen LogP contribution < -0.4 is 5.32 Å². The van der Waals surface area contributed by atoms with Crippen LogP contribution in [0.25, 0.3) is 0 Å². The smallest absolute Gasteiger partial charge is 0.340 e. The fourth-order valence-electron chi connectivity index (χ4n) is 2.18. The summed E-state index contributed by atoms with van der Waals surface area (Å²) in [5, 5.41) is 6.07. The largest absolute Gasteiger partial charge is 0.377 e. The van der Waals surface area contributed by atoms with Crippen molar-refractivity contribution < 1.29 is 19.0 Å². The lowest BCUT2D eigenvalue weighted by Gasteiger charge is -2.39. The Balaban J connectivity index is 2.70. The first-order chi connectivity index (χ1) is 9.57. The minimum Gasteiger partial charge on any atom is -0.377 e. The van der Waals surface area contributed by atoms with Gasteiger partial charge in [0.05, 0.1) is 24.0 Å². The molecule has 1 fully saturated rings. The molecule has 8 nitrogen and oxygen atoms in total. The molecular formula is C11H20ClN3O5. The van der Waals surface area contributed by atoms with E-state index in [-0.39, 0.29) is 30.7 Å². The summed E-state index contributed by atoms with van der Waals surface area (Å²) in [6.07, 6.45) is -0.615. The van der Waals surface area contributed by atoms with Crippen molar-refractivity contribution in [1.82, 2.24) is 10.3 Å². The van der Waals surface area contributed by atoms with Gasteiger partial charge in [0.15, 0.2) is 6.29 Å². The number of ether oxygens (including phenoxy) is 3. The van der Waals surface area contributed by atoms with Crippen molar-refractivity contribution in [3.8, 4) is 0 Å². The molecule has 1 saturated heterocycles. The molecule has 0 aromatic heterocycles. The summed E-state index contributed by atoms with van der Waals surface area (Å²) in [5.74, 6) is 0.123. The van der Waals surface area contributed by atoms with Crippen molar-refractivity contribution >= 4 is 17.6 Å². The number of hydrogen-bond acceptors (Lipinski definition) is 6. The van der Waals surface area contributed by atoms with Gasteiger partial charge in [-0.05, 0) is 6.92 Å². The number of nitrogens with one attached hydrogen (secondary N) is 1. The van der Waals surface area contributed by atoms with Gasteiger partial charge in [-0.3, -0.25) is 0 Å². The third kappa shape index (κ3) is 4.27. The van der Waals surface area contributed by atoms with Gasteiger partial charge in [0, 0.05) is 26.5 Å². The number of carbonyl (C=O) groups excluding carboxylic acids is 1. The van der Waals surface area contributed by atoms with Crippen LogP contribution in [0.2, 0.25) is 0 Å². The number of nitroso groups, excluding NO2 is 1. The number of carbonyl (C=O) groups is 1. The van der Waals surface area contributed by atoms with E-state index < -0.39 is 12.3 Å². The highest BCUT2D eigenvalue weighted by Crippen LogP contribution is 2.23. The van der Waals surface area contributed by atoms with Gasteiger partial charge in [-0.2, -0.15) is 5.01 Å². The van der Waals surface area contributed by atoms with Crippen LogP contribution in [0.3, 0.4) is 0 Å². The number of hydrogen-bond donors (Lipinski definition) is 1. The molecule has 1 rings (SSSR count). The maximum atomic E-state index is 11.9. The number of urea groups is 1. The molecule has 1 heterocycles. The fourth-order valence-corrected chi connectivity index (χ4v) is 2.34. The third-order valence-corrected chi connectivity index (χ3v) is 3.31. The molecule has 1 aliphatic rings. The van der Waals surface area contributed by atoms with E-state index in [0.717, 1.165) is 5.01 Å². The molecule has 116 valence electrons. The standard InChI is InChI=1S/C11H20ClN3O5/c1-7-10(19-3)8(6-9(18-2)20-7)13-11(16)15(14-17)5-4-12/h7-10H,4-6H2,1-3H3,(H,13,16). The molecule has 4 atom stereocenters. The second-order valence-electron chi connectivity index (χ2n) is 4.39. The predicted molar refractivity (Wildman–Crippen MR) is 72.3 cm³/mol. The lowest BCUT2D eigenvalue weighted by atomic mass is 9.99. The molecule has 20 heavy (non-hydrogen) atoms. The van der Waals surface area contributed by atoms with Crippen LogP contribution in [0.4, 0.5) is 4.79 Å². The number of nitrogens with zero attached hydrogens (tertiary/aromatic N) is 2. The second-order valence-corrected chi connectivity index (χ2v) is 4.77. The van der Waals surface area contributed by atoms with Crippen LogP contribution in [0.15, 0.2) is 5.29 Å². The molecule has 0 aromatic rings. The highest BCUT2D eigenvalue weighted by Gasteiger charge is 2.38. The summed E-state index contributed by atoms with van der Waals surface area (Å²) in [7, 11) is 3.06. The molecule has 0 radical (unpaired) electrons. The Morgan fingerprint density at radius 2 is 2.20 bits per heavy atom. The Morgan fingerprint density at radius 3 is 2.70 bits per heavy atom. The summed E-state index contributed by atoms with van der Waals surface area (Å²) in [4.78, 5) is 22.5. The Labute approximate surface area is 122 Å². The van der Waals surface area contributed by atoms with Crippen LogP contribution in [0.1, 0.15) is 13.3 Å². The molecule has 1 aliphatic heterocycles. The van der Waals surface area contributed by atoms with Crippen LogP contribution in [-0.4, -0.2) is 62.2 Å². The lowest BCUT2D eigenvalue weighted by Crippen LogP contribution is -2.57. The summed E-state index contributed by atoms with van der Waals surface area (Å²) < 4.78 is 16.1. The number of halogens is 1. The number of alkyl halides is 1. The van der Waals surface area contributed by atoms with Gasteiger partial charge < -0.3 is 19.5 Å². The second kappa shape index (κ2) is 8.35. The molecule has 0 bridgehead atoms. The topological polar surface area (TPSA) is 89.5 Å². The van der Waals surface area contributed by atoms with Gasteiger partial charge in [-0.1, -0.05) is 0 Å². The molecule has 2 amide bonds. The van der Waals surface area contributed by atoms with Gasteiger partial charge in [-0.25, -0.2) is 4.79 Å². The van der Waals surface area contributed by atoms with Gasteiger partial charge in [0.25, 0.3) is 0 Å².